The Morgan fingerprint density at radius 2 is 2.00 bits per heavy atom. The zero-order chi connectivity index (χ0) is 19.3. The molecule has 0 N–H and O–H groups in total. The number of amides is 1. The lowest BCUT2D eigenvalue weighted by atomic mass is 10.1. The predicted molar refractivity (Wildman–Crippen MR) is 110 cm³/mol. The van der Waals surface area contributed by atoms with Crippen LogP contribution in [0.4, 0.5) is 5.69 Å². The van der Waals surface area contributed by atoms with Crippen LogP contribution in [0.15, 0.2) is 23.0 Å². The molecule has 27 heavy (non-hydrogen) atoms. The van der Waals surface area contributed by atoms with Crippen LogP contribution >= 0.6 is 11.3 Å². The monoisotopic (exact) mass is 381 g/mol. The first kappa shape index (κ1) is 17.9. The zero-order valence-corrected chi connectivity index (χ0v) is 16.9. The van der Waals surface area contributed by atoms with Gasteiger partial charge in [0.15, 0.2) is 0 Å². The molecule has 140 valence electrons. The SMILES string of the molecule is Cc1ccc(C)c(N(C)C(=O)c2sc3nc4n(c(=O)c3c2C)CCCC4)c1. The molecular formula is C21H23N3O2S. The number of aromatic nitrogens is 2. The summed E-state index contributed by atoms with van der Waals surface area (Å²) in [4.78, 5) is 33.9. The fraction of sp³-hybridized carbons (Fsp3) is 0.381. The molecule has 0 saturated carbocycles. The smallest absolute Gasteiger partial charge is 0.268 e. The van der Waals surface area contributed by atoms with E-state index in [9.17, 15) is 9.59 Å². The van der Waals surface area contributed by atoms with Gasteiger partial charge < -0.3 is 4.90 Å². The molecule has 2 aromatic heterocycles. The van der Waals surface area contributed by atoms with Crippen LogP contribution in [0.25, 0.3) is 10.2 Å². The molecule has 3 aromatic rings. The molecule has 1 amide bonds. The van der Waals surface area contributed by atoms with Gasteiger partial charge in [0.2, 0.25) is 0 Å². The second-order valence-corrected chi connectivity index (χ2v) is 8.33. The van der Waals surface area contributed by atoms with E-state index in [2.05, 4.69) is 0 Å². The van der Waals surface area contributed by atoms with Gasteiger partial charge in [0, 0.05) is 25.7 Å². The maximum Gasteiger partial charge on any atom is 0.268 e. The van der Waals surface area contributed by atoms with Crippen molar-refractivity contribution < 1.29 is 4.79 Å². The lowest BCUT2D eigenvalue weighted by molar-refractivity contribution is 0.0996. The van der Waals surface area contributed by atoms with Crippen molar-refractivity contribution in [2.45, 2.75) is 46.6 Å². The first-order valence-corrected chi connectivity index (χ1v) is 10.1. The highest BCUT2D eigenvalue weighted by atomic mass is 32.1. The lowest BCUT2D eigenvalue weighted by Crippen LogP contribution is -2.28. The minimum Gasteiger partial charge on any atom is -0.310 e. The Bertz CT molecular complexity index is 1130. The summed E-state index contributed by atoms with van der Waals surface area (Å²) in [7, 11) is 1.79. The van der Waals surface area contributed by atoms with Crippen molar-refractivity contribution in [2.75, 3.05) is 11.9 Å². The van der Waals surface area contributed by atoms with Gasteiger partial charge in [-0.05, 0) is 56.4 Å². The quantitative estimate of drug-likeness (QED) is 0.674. The summed E-state index contributed by atoms with van der Waals surface area (Å²) in [6.45, 7) is 6.60. The Balaban J connectivity index is 1.83. The summed E-state index contributed by atoms with van der Waals surface area (Å²) in [5.74, 6) is 0.758. The number of rotatable bonds is 2. The van der Waals surface area contributed by atoms with Crippen LogP contribution in [0.5, 0.6) is 0 Å². The fourth-order valence-corrected chi connectivity index (χ4v) is 4.95. The standard InChI is InChI=1S/C21H23N3O2S/c1-12-8-9-13(2)15(11-12)23(4)21(26)18-14(3)17-19(27-18)22-16-7-5-6-10-24(16)20(17)25/h8-9,11H,5-7,10H2,1-4H3. The topological polar surface area (TPSA) is 55.2 Å². The van der Waals surface area contributed by atoms with E-state index in [0.29, 0.717) is 15.1 Å². The van der Waals surface area contributed by atoms with Crippen molar-refractivity contribution in [3.05, 3.63) is 55.9 Å². The molecule has 0 fully saturated rings. The second kappa shape index (κ2) is 6.60. The Labute approximate surface area is 162 Å². The van der Waals surface area contributed by atoms with Crippen LogP contribution < -0.4 is 10.5 Å². The van der Waals surface area contributed by atoms with Gasteiger partial charge >= 0.3 is 0 Å². The normalized spacial score (nSPS) is 13.6. The molecule has 5 nitrogen and oxygen atoms in total. The molecule has 0 radical (unpaired) electrons. The van der Waals surface area contributed by atoms with Gasteiger partial charge in [-0.1, -0.05) is 12.1 Å². The van der Waals surface area contributed by atoms with Crippen molar-refractivity contribution in [3.8, 4) is 0 Å². The summed E-state index contributed by atoms with van der Waals surface area (Å²) < 4.78 is 1.79. The summed E-state index contributed by atoms with van der Waals surface area (Å²) in [6.07, 6.45) is 2.89. The number of anilines is 1. The average Bonchev–Trinajstić information content (AvgIpc) is 2.99. The minimum atomic E-state index is -0.0911. The molecular weight excluding hydrogens is 358 g/mol. The van der Waals surface area contributed by atoms with E-state index >= 15 is 0 Å². The first-order valence-electron chi connectivity index (χ1n) is 9.26. The van der Waals surface area contributed by atoms with E-state index in [1.807, 2.05) is 39.0 Å². The summed E-state index contributed by atoms with van der Waals surface area (Å²) in [6, 6.07) is 6.08. The largest absolute Gasteiger partial charge is 0.310 e. The molecule has 1 aromatic carbocycles. The number of aryl methyl sites for hydroxylation is 4. The molecule has 3 heterocycles. The van der Waals surface area contributed by atoms with Gasteiger partial charge in [0.25, 0.3) is 11.5 Å². The van der Waals surface area contributed by atoms with Crippen LogP contribution in [0.3, 0.4) is 0 Å². The zero-order valence-electron chi connectivity index (χ0n) is 16.1. The van der Waals surface area contributed by atoms with Crippen molar-refractivity contribution in [1.82, 2.24) is 9.55 Å². The predicted octanol–water partition coefficient (Wildman–Crippen LogP) is 4.00. The number of nitrogens with zero attached hydrogens (tertiary/aromatic N) is 3. The Morgan fingerprint density at radius 1 is 1.22 bits per heavy atom. The molecule has 1 aliphatic rings. The van der Waals surface area contributed by atoms with Crippen molar-refractivity contribution in [3.63, 3.8) is 0 Å². The summed E-state index contributed by atoms with van der Waals surface area (Å²) >= 11 is 1.34. The molecule has 0 bridgehead atoms. The van der Waals surface area contributed by atoms with Gasteiger partial charge in [0.1, 0.15) is 10.7 Å². The number of carbonyl (C=O) groups is 1. The lowest BCUT2D eigenvalue weighted by Gasteiger charge is -2.20. The van der Waals surface area contributed by atoms with E-state index in [4.69, 9.17) is 4.98 Å². The third-order valence-corrected chi connectivity index (χ3v) is 6.56. The molecule has 0 aliphatic carbocycles. The Kier molecular flexibility index (Phi) is 4.38. The number of hydrogen-bond donors (Lipinski definition) is 0. The van der Waals surface area contributed by atoms with E-state index in [0.717, 1.165) is 54.0 Å². The maximum atomic E-state index is 13.2. The highest BCUT2D eigenvalue weighted by Gasteiger charge is 2.25. The van der Waals surface area contributed by atoms with E-state index < -0.39 is 0 Å². The third kappa shape index (κ3) is 2.88. The third-order valence-electron chi connectivity index (χ3n) is 5.39. The second-order valence-electron chi connectivity index (χ2n) is 7.33. The number of thiophene rings is 1. The van der Waals surface area contributed by atoms with Crippen LogP contribution in [0.2, 0.25) is 0 Å². The Hall–Kier alpha value is -2.47. The van der Waals surface area contributed by atoms with E-state index in [1.54, 1.807) is 16.5 Å². The van der Waals surface area contributed by atoms with Gasteiger partial charge in [0.05, 0.1) is 10.3 Å². The highest BCUT2D eigenvalue weighted by Crippen LogP contribution is 2.31. The summed E-state index contributed by atoms with van der Waals surface area (Å²) in [5.41, 5.74) is 3.79. The summed E-state index contributed by atoms with van der Waals surface area (Å²) in [5, 5.41) is 0.600. The molecule has 6 heteroatoms. The molecule has 0 unspecified atom stereocenters. The van der Waals surface area contributed by atoms with Crippen LogP contribution in [0, 0.1) is 20.8 Å². The van der Waals surface area contributed by atoms with Crippen LogP contribution in [-0.2, 0) is 13.0 Å². The van der Waals surface area contributed by atoms with E-state index in [1.165, 1.54) is 11.3 Å². The first-order chi connectivity index (χ1) is 12.9. The van der Waals surface area contributed by atoms with Gasteiger partial charge in [-0.2, -0.15) is 0 Å². The fourth-order valence-electron chi connectivity index (χ4n) is 3.78. The number of hydrogen-bond acceptors (Lipinski definition) is 4. The van der Waals surface area contributed by atoms with Crippen molar-refractivity contribution in [2.24, 2.45) is 0 Å². The van der Waals surface area contributed by atoms with Gasteiger partial charge in [-0.3, -0.25) is 14.2 Å². The van der Waals surface area contributed by atoms with E-state index in [-0.39, 0.29) is 11.5 Å². The number of carbonyl (C=O) groups excluding carboxylic acids is 1. The number of benzene rings is 1. The highest BCUT2D eigenvalue weighted by molar-refractivity contribution is 7.20. The Morgan fingerprint density at radius 3 is 2.78 bits per heavy atom. The van der Waals surface area contributed by atoms with Crippen LogP contribution in [0.1, 0.15) is 45.0 Å². The van der Waals surface area contributed by atoms with Gasteiger partial charge in [-0.25, -0.2) is 4.98 Å². The van der Waals surface area contributed by atoms with Crippen LogP contribution in [-0.4, -0.2) is 22.5 Å². The van der Waals surface area contributed by atoms with Crippen molar-refractivity contribution in [1.29, 1.82) is 0 Å². The maximum absolute atomic E-state index is 13.2. The molecule has 1 aliphatic heterocycles. The molecule has 0 spiro atoms. The molecule has 0 saturated heterocycles. The minimum absolute atomic E-state index is 0.00288. The number of fused-ring (bicyclic) bond motifs is 2. The molecule has 4 rings (SSSR count). The van der Waals surface area contributed by atoms with Crippen molar-refractivity contribution >= 4 is 33.1 Å². The average molecular weight is 382 g/mol. The van der Waals surface area contributed by atoms with Gasteiger partial charge in [-0.15, -0.1) is 11.3 Å². The molecule has 0 atom stereocenters.